The van der Waals surface area contributed by atoms with Crippen LogP contribution in [0.3, 0.4) is 0 Å². The Kier molecular flexibility index (Phi) is 4.95. The van der Waals surface area contributed by atoms with Crippen molar-refractivity contribution in [3.63, 3.8) is 0 Å². The summed E-state index contributed by atoms with van der Waals surface area (Å²) < 4.78 is 7.27. The molecule has 1 aromatic carbocycles. The number of anilines is 2. The first-order chi connectivity index (χ1) is 14.5. The summed E-state index contributed by atoms with van der Waals surface area (Å²) in [6.45, 7) is 12.2. The number of benzene rings is 1. The standard InChI is InChI=1S/C23H27N5O3/c1-12(2)16-10-15(20-13(3)27-28(21(20)26-16)23(4,5)6)22(30)24-14-7-8-18-17(9-14)25-19(29)11-31-18/h7-10,12H,11H2,1-6H3,(H,24,30)(H,25,29). The zero-order chi connectivity index (χ0) is 22.5. The zero-order valence-corrected chi connectivity index (χ0v) is 18.7. The van der Waals surface area contributed by atoms with Gasteiger partial charge in [0.15, 0.2) is 12.3 Å². The van der Waals surface area contributed by atoms with Crippen molar-refractivity contribution < 1.29 is 14.3 Å². The molecule has 0 saturated heterocycles. The first-order valence-corrected chi connectivity index (χ1v) is 10.3. The lowest BCUT2D eigenvalue weighted by Gasteiger charge is -2.20. The van der Waals surface area contributed by atoms with Crippen molar-refractivity contribution in [3.05, 3.63) is 41.2 Å². The Morgan fingerprint density at radius 3 is 2.68 bits per heavy atom. The number of pyridine rings is 1. The number of aryl methyl sites for hydroxylation is 1. The molecule has 0 atom stereocenters. The monoisotopic (exact) mass is 421 g/mol. The van der Waals surface area contributed by atoms with Crippen LogP contribution >= 0.6 is 0 Å². The Bertz CT molecular complexity index is 1200. The molecule has 0 unspecified atom stereocenters. The predicted molar refractivity (Wildman–Crippen MR) is 120 cm³/mol. The van der Waals surface area contributed by atoms with Crippen molar-refractivity contribution in [3.8, 4) is 5.75 Å². The minimum atomic E-state index is -0.278. The fourth-order valence-electron chi connectivity index (χ4n) is 3.61. The van der Waals surface area contributed by atoms with E-state index in [2.05, 4.69) is 36.5 Å². The van der Waals surface area contributed by atoms with Crippen LogP contribution < -0.4 is 15.4 Å². The SMILES string of the molecule is Cc1nn(C(C)(C)C)c2nc(C(C)C)cc(C(=O)Nc3ccc4c(c3)NC(=O)CO4)c12. The first-order valence-electron chi connectivity index (χ1n) is 10.3. The summed E-state index contributed by atoms with van der Waals surface area (Å²) >= 11 is 0. The third-order valence-corrected chi connectivity index (χ3v) is 5.17. The lowest BCUT2D eigenvalue weighted by Crippen LogP contribution is -2.25. The summed E-state index contributed by atoms with van der Waals surface area (Å²) in [6.07, 6.45) is 0. The Balaban J connectivity index is 1.78. The average molecular weight is 422 g/mol. The number of rotatable bonds is 3. The molecule has 4 rings (SSSR count). The minimum absolute atomic E-state index is 0.0112. The summed E-state index contributed by atoms with van der Waals surface area (Å²) in [6, 6.07) is 7.02. The molecule has 8 heteroatoms. The molecule has 1 aliphatic rings. The number of hydrogen-bond donors (Lipinski definition) is 2. The number of carbonyl (C=O) groups is 2. The van der Waals surface area contributed by atoms with Gasteiger partial charge in [-0.25, -0.2) is 9.67 Å². The quantitative estimate of drug-likeness (QED) is 0.660. The second kappa shape index (κ2) is 7.37. The van der Waals surface area contributed by atoms with E-state index < -0.39 is 0 Å². The van der Waals surface area contributed by atoms with Gasteiger partial charge in [-0.15, -0.1) is 0 Å². The Hall–Kier alpha value is -3.42. The zero-order valence-electron chi connectivity index (χ0n) is 18.7. The van der Waals surface area contributed by atoms with Crippen molar-refractivity contribution in [2.24, 2.45) is 0 Å². The van der Waals surface area contributed by atoms with Gasteiger partial charge in [0.05, 0.1) is 27.9 Å². The van der Waals surface area contributed by atoms with Crippen LogP contribution in [0.5, 0.6) is 5.75 Å². The van der Waals surface area contributed by atoms with Gasteiger partial charge in [0.25, 0.3) is 11.8 Å². The van der Waals surface area contributed by atoms with Gasteiger partial charge in [-0.05, 0) is 57.9 Å². The molecule has 162 valence electrons. The number of fused-ring (bicyclic) bond motifs is 2. The number of amides is 2. The fourth-order valence-corrected chi connectivity index (χ4v) is 3.61. The maximum absolute atomic E-state index is 13.4. The second-order valence-electron chi connectivity index (χ2n) is 9.12. The number of nitrogens with zero attached hydrogens (tertiary/aromatic N) is 3. The summed E-state index contributed by atoms with van der Waals surface area (Å²) in [4.78, 5) is 29.8. The van der Waals surface area contributed by atoms with Gasteiger partial charge in [-0.2, -0.15) is 5.10 Å². The minimum Gasteiger partial charge on any atom is -0.482 e. The van der Waals surface area contributed by atoms with Gasteiger partial charge < -0.3 is 15.4 Å². The van der Waals surface area contributed by atoms with Crippen LogP contribution in [-0.4, -0.2) is 33.2 Å². The highest BCUT2D eigenvalue weighted by Crippen LogP contribution is 2.32. The van der Waals surface area contributed by atoms with Crippen LogP contribution in [0.15, 0.2) is 24.3 Å². The third kappa shape index (κ3) is 3.85. The Labute approximate surface area is 181 Å². The predicted octanol–water partition coefficient (Wildman–Crippen LogP) is 4.20. The van der Waals surface area contributed by atoms with Crippen LogP contribution in [0, 0.1) is 6.92 Å². The molecule has 0 saturated carbocycles. The molecule has 0 fully saturated rings. The summed E-state index contributed by atoms with van der Waals surface area (Å²) in [7, 11) is 0. The number of hydrogen-bond acceptors (Lipinski definition) is 5. The van der Waals surface area contributed by atoms with Gasteiger partial charge in [0, 0.05) is 11.4 Å². The second-order valence-corrected chi connectivity index (χ2v) is 9.12. The van der Waals surface area contributed by atoms with Crippen LogP contribution in [0.2, 0.25) is 0 Å². The lowest BCUT2D eigenvalue weighted by atomic mass is 10.0. The van der Waals surface area contributed by atoms with Gasteiger partial charge >= 0.3 is 0 Å². The first kappa shape index (κ1) is 20.8. The van der Waals surface area contributed by atoms with E-state index >= 15 is 0 Å². The average Bonchev–Trinajstić information content (AvgIpc) is 3.04. The molecule has 0 aliphatic carbocycles. The van der Waals surface area contributed by atoms with Crippen molar-refractivity contribution in [1.82, 2.24) is 14.8 Å². The third-order valence-electron chi connectivity index (χ3n) is 5.17. The van der Waals surface area contributed by atoms with Gasteiger partial charge in [-0.1, -0.05) is 13.8 Å². The van der Waals surface area contributed by atoms with Crippen LogP contribution in [0.25, 0.3) is 11.0 Å². The van der Waals surface area contributed by atoms with Crippen molar-refractivity contribution in [2.45, 2.75) is 53.0 Å². The van der Waals surface area contributed by atoms with E-state index in [1.54, 1.807) is 18.2 Å². The number of nitrogens with one attached hydrogen (secondary N) is 2. The normalized spacial score (nSPS) is 13.7. The van der Waals surface area contributed by atoms with Crippen molar-refractivity contribution in [2.75, 3.05) is 17.2 Å². The summed E-state index contributed by atoms with van der Waals surface area (Å²) in [5, 5.41) is 11.1. The molecular weight excluding hydrogens is 394 g/mol. The van der Waals surface area contributed by atoms with Crippen molar-refractivity contribution in [1.29, 1.82) is 0 Å². The van der Waals surface area contributed by atoms with E-state index in [1.807, 2.05) is 31.5 Å². The van der Waals surface area contributed by atoms with E-state index in [0.717, 1.165) is 16.8 Å². The van der Waals surface area contributed by atoms with Gasteiger partial charge in [0.1, 0.15) is 5.75 Å². The highest BCUT2D eigenvalue weighted by molar-refractivity contribution is 6.13. The molecule has 3 aromatic rings. The maximum atomic E-state index is 13.4. The van der Waals surface area contributed by atoms with Crippen molar-refractivity contribution >= 4 is 34.2 Å². The van der Waals surface area contributed by atoms with Crippen LogP contribution in [0.1, 0.15) is 62.3 Å². The summed E-state index contributed by atoms with van der Waals surface area (Å²) in [5.41, 5.74) is 3.63. The van der Waals surface area contributed by atoms with Crippen LogP contribution in [0.4, 0.5) is 11.4 Å². The molecule has 0 bridgehead atoms. The lowest BCUT2D eigenvalue weighted by molar-refractivity contribution is -0.118. The molecule has 1 aliphatic heterocycles. The number of carbonyl (C=O) groups excluding carboxylic acids is 2. The van der Waals surface area contributed by atoms with E-state index in [0.29, 0.717) is 28.3 Å². The molecular formula is C23H27N5O3. The van der Waals surface area contributed by atoms with E-state index in [1.165, 1.54) is 0 Å². The molecule has 31 heavy (non-hydrogen) atoms. The van der Waals surface area contributed by atoms with Gasteiger partial charge in [0.2, 0.25) is 0 Å². The van der Waals surface area contributed by atoms with Crippen LogP contribution in [-0.2, 0) is 10.3 Å². The molecule has 8 nitrogen and oxygen atoms in total. The molecule has 0 radical (unpaired) electrons. The maximum Gasteiger partial charge on any atom is 0.262 e. The topological polar surface area (TPSA) is 98.1 Å². The van der Waals surface area contributed by atoms with E-state index in [4.69, 9.17) is 9.72 Å². The molecule has 2 N–H and O–H groups in total. The highest BCUT2D eigenvalue weighted by atomic mass is 16.5. The molecule has 0 spiro atoms. The summed E-state index contributed by atoms with van der Waals surface area (Å²) in [5.74, 6) is 0.247. The Morgan fingerprint density at radius 2 is 2.00 bits per heavy atom. The van der Waals surface area contributed by atoms with E-state index in [9.17, 15) is 9.59 Å². The molecule has 3 heterocycles. The largest absolute Gasteiger partial charge is 0.482 e. The molecule has 2 amide bonds. The van der Waals surface area contributed by atoms with Gasteiger partial charge in [-0.3, -0.25) is 9.59 Å². The Morgan fingerprint density at radius 1 is 1.26 bits per heavy atom. The number of ether oxygens (including phenoxy) is 1. The fraction of sp³-hybridized carbons (Fsp3) is 0.391. The molecule has 2 aromatic heterocycles. The highest BCUT2D eigenvalue weighted by Gasteiger charge is 2.25. The van der Waals surface area contributed by atoms with E-state index in [-0.39, 0.29) is 29.9 Å². The smallest absolute Gasteiger partial charge is 0.262 e. The number of aromatic nitrogens is 3.